The monoisotopic (exact) mass is 281 g/mol. The predicted octanol–water partition coefficient (Wildman–Crippen LogP) is 1.40. The molecule has 6 nitrogen and oxygen atoms in total. The van der Waals surface area contributed by atoms with E-state index in [2.05, 4.69) is 10.3 Å². The number of carbonyl (C=O) groups excluding carboxylic acids is 1. The topological polar surface area (TPSA) is 74.1 Å². The number of fused-ring (bicyclic) bond motifs is 1. The largest absolute Gasteiger partial charge is 0.425 e. The van der Waals surface area contributed by atoms with Gasteiger partial charge in [0.25, 0.3) is 5.56 Å². The summed E-state index contributed by atoms with van der Waals surface area (Å²) in [7, 11) is 0. The number of para-hydroxylation sites is 1. The second kappa shape index (κ2) is 5.54. The first-order chi connectivity index (χ1) is 10.2. The van der Waals surface area contributed by atoms with Crippen molar-refractivity contribution in [1.82, 2.24) is 15.0 Å². The molecular weight excluding hydrogens is 270 g/mol. The minimum Gasteiger partial charge on any atom is -0.425 e. The molecule has 21 heavy (non-hydrogen) atoms. The molecule has 0 spiro atoms. The summed E-state index contributed by atoms with van der Waals surface area (Å²) in [6.07, 6.45) is 0. The van der Waals surface area contributed by atoms with Crippen molar-refractivity contribution in [2.24, 2.45) is 0 Å². The molecule has 0 aliphatic rings. The number of ether oxygens (including phenoxy) is 1. The van der Waals surface area contributed by atoms with Crippen molar-refractivity contribution in [2.45, 2.75) is 6.54 Å². The maximum absolute atomic E-state index is 12.2. The van der Waals surface area contributed by atoms with Crippen molar-refractivity contribution in [3.8, 4) is 5.75 Å². The van der Waals surface area contributed by atoms with E-state index in [0.29, 0.717) is 16.7 Å². The summed E-state index contributed by atoms with van der Waals surface area (Å²) in [5.74, 6) is -0.155. The molecule has 0 N–H and O–H groups in total. The molecule has 0 saturated carbocycles. The third-order valence-corrected chi connectivity index (χ3v) is 2.88. The molecule has 0 aliphatic heterocycles. The van der Waals surface area contributed by atoms with E-state index in [1.54, 1.807) is 48.5 Å². The molecule has 0 aliphatic carbocycles. The quantitative estimate of drug-likeness (QED) is 0.536. The van der Waals surface area contributed by atoms with Crippen LogP contribution in [0.25, 0.3) is 10.9 Å². The van der Waals surface area contributed by atoms with Crippen LogP contribution in [0.2, 0.25) is 0 Å². The smallest absolute Gasteiger partial charge is 0.333 e. The van der Waals surface area contributed by atoms with Crippen LogP contribution in [0.3, 0.4) is 0 Å². The number of aromatic nitrogens is 3. The molecule has 0 amide bonds. The van der Waals surface area contributed by atoms with E-state index < -0.39 is 5.97 Å². The van der Waals surface area contributed by atoms with Crippen molar-refractivity contribution < 1.29 is 9.53 Å². The Morgan fingerprint density at radius 1 is 1.05 bits per heavy atom. The van der Waals surface area contributed by atoms with Crippen molar-refractivity contribution in [2.75, 3.05) is 0 Å². The maximum Gasteiger partial charge on any atom is 0.333 e. The maximum atomic E-state index is 12.2. The first-order valence-electron chi connectivity index (χ1n) is 6.32. The van der Waals surface area contributed by atoms with Gasteiger partial charge in [-0.3, -0.25) is 4.79 Å². The number of hydrogen-bond donors (Lipinski definition) is 0. The molecule has 3 aromatic rings. The Bertz CT molecular complexity index is 843. The summed E-state index contributed by atoms with van der Waals surface area (Å²) < 4.78 is 6.11. The number of esters is 1. The van der Waals surface area contributed by atoms with Gasteiger partial charge in [0.15, 0.2) is 0 Å². The van der Waals surface area contributed by atoms with Gasteiger partial charge >= 0.3 is 5.97 Å². The lowest BCUT2D eigenvalue weighted by atomic mass is 10.2. The number of rotatable bonds is 3. The van der Waals surface area contributed by atoms with E-state index in [4.69, 9.17) is 4.74 Å². The standard InChI is InChI=1S/C15H11N3O3/c19-14(21-11-6-2-1-3-7-11)10-18-15(20)12-8-4-5-9-13(12)16-17-18/h1-9H,10H2. The highest BCUT2D eigenvalue weighted by Crippen LogP contribution is 2.08. The Morgan fingerprint density at radius 2 is 1.76 bits per heavy atom. The average molecular weight is 281 g/mol. The minimum atomic E-state index is -0.576. The Balaban J connectivity index is 1.83. The van der Waals surface area contributed by atoms with E-state index >= 15 is 0 Å². The van der Waals surface area contributed by atoms with Gasteiger partial charge in [-0.15, -0.1) is 5.10 Å². The zero-order valence-corrected chi connectivity index (χ0v) is 11.0. The zero-order valence-electron chi connectivity index (χ0n) is 11.0. The SMILES string of the molecule is O=C(Cn1nnc2ccccc2c1=O)Oc1ccccc1. The van der Waals surface area contributed by atoms with Crippen LogP contribution in [-0.2, 0) is 11.3 Å². The lowest BCUT2D eigenvalue weighted by Crippen LogP contribution is -2.29. The van der Waals surface area contributed by atoms with Gasteiger partial charge in [0.1, 0.15) is 17.8 Å². The lowest BCUT2D eigenvalue weighted by molar-refractivity contribution is -0.135. The van der Waals surface area contributed by atoms with Crippen molar-refractivity contribution in [1.29, 1.82) is 0 Å². The zero-order chi connectivity index (χ0) is 14.7. The molecule has 2 aromatic carbocycles. The van der Waals surface area contributed by atoms with Gasteiger partial charge in [0, 0.05) is 0 Å². The fourth-order valence-electron chi connectivity index (χ4n) is 1.90. The highest BCUT2D eigenvalue weighted by Gasteiger charge is 2.11. The molecule has 0 unspecified atom stereocenters. The third-order valence-electron chi connectivity index (χ3n) is 2.88. The van der Waals surface area contributed by atoms with Gasteiger partial charge in [-0.25, -0.2) is 4.79 Å². The second-order valence-corrected chi connectivity index (χ2v) is 4.36. The molecule has 0 radical (unpaired) electrons. The van der Waals surface area contributed by atoms with Crippen LogP contribution in [0.1, 0.15) is 0 Å². The molecule has 0 fully saturated rings. The molecular formula is C15H11N3O3. The summed E-state index contributed by atoms with van der Waals surface area (Å²) in [5.41, 5.74) is 0.126. The van der Waals surface area contributed by atoms with Gasteiger partial charge in [-0.05, 0) is 24.3 Å². The van der Waals surface area contributed by atoms with Gasteiger partial charge in [-0.1, -0.05) is 35.5 Å². The number of benzene rings is 2. The van der Waals surface area contributed by atoms with E-state index in [1.165, 1.54) is 0 Å². The average Bonchev–Trinajstić information content (AvgIpc) is 2.51. The second-order valence-electron chi connectivity index (χ2n) is 4.36. The minimum absolute atomic E-state index is 0.286. The fourth-order valence-corrected chi connectivity index (χ4v) is 1.90. The first-order valence-corrected chi connectivity index (χ1v) is 6.32. The number of carbonyl (C=O) groups is 1. The highest BCUT2D eigenvalue weighted by atomic mass is 16.5. The van der Waals surface area contributed by atoms with E-state index in [9.17, 15) is 9.59 Å². The van der Waals surface area contributed by atoms with Crippen LogP contribution < -0.4 is 10.3 Å². The molecule has 1 heterocycles. The van der Waals surface area contributed by atoms with Crippen molar-refractivity contribution in [3.05, 3.63) is 65.0 Å². The van der Waals surface area contributed by atoms with Crippen LogP contribution in [0.15, 0.2) is 59.4 Å². The van der Waals surface area contributed by atoms with Crippen LogP contribution in [0.5, 0.6) is 5.75 Å². The van der Waals surface area contributed by atoms with E-state index in [-0.39, 0.29) is 12.1 Å². The number of hydrogen-bond acceptors (Lipinski definition) is 5. The molecule has 0 saturated heterocycles. The third kappa shape index (κ3) is 2.79. The van der Waals surface area contributed by atoms with E-state index in [1.807, 2.05) is 6.07 Å². The molecule has 104 valence electrons. The van der Waals surface area contributed by atoms with Crippen LogP contribution in [0, 0.1) is 0 Å². The van der Waals surface area contributed by atoms with Crippen LogP contribution >= 0.6 is 0 Å². The normalized spacial score (nSPS) is 10.5. The summed E-state index contributed by atoms with van der Waals surface area (Å²) in [6, 6.07) is 15.5. The van der Waals surface area contributed by atoms with Crippen molar-refractivity contribution >= 4 is 16.9 Å². The first kappa shape index (κ1) is 13.0. The summed E-state index contributed by atoms with van der Waals surface area (Å²) in [5, 5.41) is 8.07. The Labute approximate surface area is 119 Å². The molecule has 3 rings (SSSR count). The number of nitrogens with zero attached hydrogens (tertiary/aromatic N) is 3. The summed E-state index contributed by atoms with van der Waals surface area (Å²) >= 11 is 0. The molecule has 1 aromatic heterocycles. The molecule has 0 bridgehead atoms. The molecule has 0 atom stereocenters. The van der Waals surface area contributed by atoms with Gasteiger partial charge in [-0.2, -0.15) is 4.68 Å². The lowest BCUT2D eigenvalue weighted by Gasteiger charge is -2.05. The van der Waals surface area contributed by atoms with Gasteiger partial charge < -0.3 is 4.74 Å². The molecule has 6 heteroatoms. The Morgan fingerprint density at radius 3 is 2.57 bits per heavy atom. The Kier molecular flexibility index (Phi) is 3.42. The van der Waals surface area contributed by atoms with Crippen LogP contribution in [0.4, 0.5) is 0 Å². The van der Waals surface area contributed by atoms with Crippen molar-refractivity contribution in [3.63, 3.8) is 0 Å². The highest BCUT2D eigenvalue weighted by molar-refractivity contribution is 5.77. The van der Waals surface area contributed by atoms with Gasteiger partial charge in [0.2, 0.25) is 0 Å². The van der Waals surface area contributed by atoms with Crippen LogP contribution in [-0.4, -0.2) is 21.0 Å². The summed E-state index contributed by atoms with van der Waals surface area (Å²) in [6.45, 7) is -0.286. The summed E-state index contributed by atoms with van der Waals surface area (Å²) in [4.78, 5) is 24.0. The van der Waals surface area contributed by atoms with Gasteiger partial charge in [0.05, 0.1) is 5.39 Å². The Hall–Kier alpha value is -3.02. The van der Waals surface area contributed by atoms with E-state index in [0.717, 1.165) is 4.68 Å². The predicted molar refractivity (Wildman–Crippen MR) is 75.9 cm³/mol. The fraction of sp³-hybridized carbons (Fsp3) is 0.0667.